The van der Waals surface area contributed by atoms with Gasteiger partial charge in [0.1, 0.15) is 0 Å². The Morgan fingerprint density at radius 3 is 1.88 bits per heavy atom. The van der Waals surface area contributed by atoms with Crippen molar-refractivity contribution >= 4 is 35.5 Å². The van der Waals surface area contributed by atoms with Gasteiger partial charge in [0.15, 0.2) is 0 Å². The summed E-state index contributed by atoms with van der Waals surface area (Å²) in [7, 11) is 0. The maximum atomic E-state index is 9.10. The Morgan fingerprint density at radius 1 is 0.825 bits per heavy atom. The first-order valence-corrected chi connectivity index (χ1v) is 12.2. The number of H-pyrrole nitrogens is 1. The molecule has 6 N–H and O–H groups in total. The maximum Gasteiger partial charge on any atom is 0.414 e. The molecule has 4 rings (SSSR count). The molecule has 2 heterocycles. The molecule has 0 aliphatic carbocycles. The summed E-state index contributed by atoms with van der Waals surface area (Å²) in [5.74, 6) is -7.30. The molecule has 0 bridgehead atoms. The molecule has 0 radical (unpaired) electrons. The van der Waals surface area contributed by atoms with Crippen LogP contribution in [0.15, 0.2) is 54.7 Å². The highest BCUT2D eigenvalue weighted by Gasteiger charge is 2.11. The Kier molecular flexibility index (Phi) is 13.3. The molecule has 2 aromatic carbocycles. The molecule has 14 heteroatoms. The largest absolute Gasteiger partial charge is 0.473 e. The normalized spacial score (nSPS) is 12.7. The topological polar surface area (TPSA) is 202 Å². The SMILES string of the molecule is Clc1ccc(-c2[nH]ncc2CNCc2ccc(CN3CCOCC3)cc2)cc1.O=C(O)C(=O)O.O=C(O)C(=O)O. The average molecular weight is 577 g/mol. The van der Waals surface area contributed by atoms with Gasteiger partial charge in [0.05, 0.1) is 25.1 Å². The summed E-state index contributed by atoms with van der Waals surface area (Å²) in [6.45, 7) is 6.29. The fraction of sp³-hybridized carbons (Fsp3) is 0.269. The van der Waals surface area contributed by atoms with Crippen LogP contribution in [-0.2, 0) is 43.5 Å². The van der Waals surface area contributed by atoms with Crippen LogP contribution in [0, 0.1) is 0 Å². The van der Waals surface area contributed by atoms with Gasteiger partial charge < -0.3 is 30.5 Å². The second-order valence-corrected chi connectivity index (χ2v) is 8.74. The van der Waals surface area contributed by atoms with Crippen molar-refractivity contribution in [3.63, 3.8) is 0 Å². The highest BCUT2D eigenvalue weighted by Crippen LogP contribution is 2.23. The van der Waals surface area contributed by atoms with Crippen molar-refractivity contribution in [3.8, 4) is 11.3 Å². The minimum Gasteiger partial charge on any atom is -0.473 e. The monoisotopic (exact) mass is 576 g/mol. The Balaban J connectivity index is 0.000000393. The first kappa shape index (κ1) is 31.9. The van der Waals surface area contributed by atoms with Crippen LogP contribution in [0.5, 0.6) is 0 Å². The Bertz CT molecular complexity index is 1210. The number of aromatic amines is 1. The molecule has 0 amide bonds. The Hall–Kier alpha value is -4.30. The van der Waals surface area contributed by atoms with E-state index < -0.39 is 23.9 Å². The lowest BCUT2D eigenvalue weighted by atomic mass is 10.1. The molecule has 40 heavy (non-hydrogen) atoms. The van der Waals surface area contributed by atoms with Crippen molar-refractivity contribution in [3.05, 3.63) is 76.4 Å². The maximum absolute atomic E-state index is 9.10. The molecule has 0 atom stereocenters. The van der Waals surface area contributed by atoms with Crippen molar-refractivity contribution < 1.29 is 44.3 Å². The minimum absolute atomic E-state index is 0.736. The van der Waals surface area contributed by atoms with Crippen LogP contribution in [0.2, 0.25) is 5.02 Å². The zero-order valence-electron chi connectivity index (χ0n) is 21.2. The molecule has 3 aromatic rings. The number of nitrogens with one attached hydrogen (secondary N) is 2. The second kappa shape index (κ2) is 16.6. The summed E-state index contributed by atoms with van der Waals surface area (Å²) in [6, 6.07) is 16.7. The van der Waals surface area contributed by atoms with E-state index in [1.165, 1.54) is 11.1 Å². The number of carboxylic acid groups (broad SMARTS) is 4. The highest BCUT2D eigenvalue weighted by atomic mass is 35.5. The smallest absolute Gasteiger partial charge is 0.414 e. The van der Waals surface area contributed by atoms with E-state index in [-0.39, 0.29) is 0 Å². The Labute approximate surface area is 234 Å². The van der Waals surface area contributed by atoms with Gasteiger partial charge in [-0.2, -0.15) is 5.10 Å². The summed E-state index contributed by atoms with van der Waals surface area (Å²) in [4.78, 5) is 38.8. The molecule has 214 valence electrons. The van der Waals surface area contributed by atoms with Gasteiger partial charge in [-0.25, -0.2) is 19.2 Å². The summed E-state index contributed by atoms with van der Waals surface area (Å²) in [5, 5.41) is 41.1. The summed E-state index contributed by atoms with van der Waals surface area (Å²) >= 11 is 5.98. The van der Waals surface area contributed by atoms with Crippen molar-refractivity contribution in [2.75, 3.05) is 26.3 Å². The van der Waals surface area contributed by atoms with Gasteiger partial charge in [0.2, 0.25) is 0 Å². The number of hydrogen-bond donors (Lipinski definition) is 6. The van der Waals surface area contributed by atoms with E-state index in [1.54, 1.807) is 0 Å². The molecule has 1 aliphatic heterocycles. The molecule has 0 spiro atoms. The van der Waals surface area contributed by atoms with Crippen molar-refractivity contribution in [2.24, 2.45) is 0 Å². The third-order valence-corrected chi connectivity index (χ3v) is 5.65. The average Bonchev–Trinajstić information content (AvgIpc) is 3.40. The second-order valence-electron chi connectivity index (χ2n) is 8.31. The molecule has 13 nitrogen and oxygen atoms in total. The number of ether oxygens (including phenoxy) is 1. The van der Waals surface area contributed by atoms with E-state index in [9.17, 15) is 0 Å². The number of halogens is 1. The highest BCUT2D eigenvalue weighted by molar-refractivity contribution is 6.30. The van der Waals surface area contributed by atoms with Gasteiger partial charge in [0, 0.05) is 43.3 Å². The van der Waals surface area contributed by atoms with Crippen molar-refractivity contribution in [1.82, 2.24) is 20.4 Å². The van der Waals surface area contributed by atoms with Crippen LogP contribution in [0.4, 0.5) is 0 Å². The number of aromatic nitrogens is 2. The fourth-order valence-corrected chi connectivity index (χ4v) is 3.56. The predicted molar refractivity (Wildman–Crippen MR) is 143 cm³/mol. The zero-order chi connectivity index (χ0) is 29.5. The van der Waals surface area contributed by atoms with Gasteiger partial charge in [-0.3, -0.25) is 10.00 Å². The van der Waals surface area contributed by atoms with E-state index in [0.717, 1.165) is 67.8 Å². The van der Waals surface area contributed by atoms with E-state index in [1.807, 2.05) is 30.5 Å². The lowest BCUT2D eigenvalue weighted by Gasteiger charge is -2.26. The van der Waals surface area contributed by atoms with Gasteiger partial charge >= 0.3 is 23.9 Å². The number of benzene rings is 2. The fourth-order valence-electron chi connectivity index (χ4n) is 3.43. The molecule has 1 saturated heterocycles. The molecular weight excluding hydrogens is 548 g/mol. The standard InChI is InChI=1S/C22H25ClN4O.2C2H2O4/c23-21-7-5-19(6-8-21)22-20(15-25-26-22)14-24-13-17-1-3-18(4-2-17)16-27-9-11-28-12-10-27;2*3-1(4)2(5)6/h1-8,15,24H,9-14,16H2,(H,25,26);2*(H,3,4)(H,5,6). The van der Waals surface area contributed by atoms with Crippen molar-refractivity contribution in [1.29, 1.82) is 0 Å². The molecule has 0 saturated carbocycles. The first-order valence-electron chi connectivity index (χ1n) is 11.9. The quantitative estimate of drug-likeness (QED) is 0.224. The van der Waals surface area contributed by atoms with Crippen LogP contribution in [0.1, 0.15) is 16.7 Å². The van der Waals surface area contributed by atoms with Gasteiger partial charge in [-0.1, -0.05) is 48.0 Å². The van der Waals surface area contributed by atoms with Crippen LogP contribution in [-0.4, -0.2) is 85.7 Å². The van der Waals surface area contributed by atoms with E-state index in [0.29, 0.717) is 0 Å². The number of nitrogens with zero attached hydrogens (tertiary/aromatic N) is 2. The Morgan fingerprint density at radius 2 is 1.35 bits per heavy atom. The van der Waals surface area contributed by atoms with Gasteiger partial charge in [0.25, 0.3) is 0 Å². The summed E-state index contributed by atoms with van der Waals surface area (Å²) in [6.07, 6.45) is 1.88. The van der Waals surface area contributed by atoms with Crippen LogP contribution < -0.4 is 5.32 Å². The lowest BCUT2D eigenvalue weighted by molar-refractivity contribution is -0.159. The third kappa shape index (κ3) is 11.6. The molecular formula is C26H29ClN4O9. The molecule has 1 fully saturated rings. The number of hydrogen-bond acceptors (Lipinski definition) is 8. The van der Waals surface area contributed by atoms with Gasteiger partial charge in [-0.05, 0) is 28.8 Å². The zero-order valence-corrected chi connectivity index (χ0v) is 22.0. The van der Waals surface area contributed by atoms with Crippen LogP contribution >= 0.6 is 11.6 Å². The summed E-state index contributed by atoms with van der Waals surface area (Å²) in [5.41, 5.74) is 5.90. The molecule has 1 aliphatic rings. The van der Waals surface area contributed by atoms with E-state index in [4.69, 9.17) is 55.9 Å². The van der Waals surface area contributed by atoms with Crippen LogP contribution in [0.25, 0.3) is 11.3 Å². The summed E-state index contributed by atoms with van der Waals surface area (Å²) < 4.78 is 5.41. The number of carbonyl (C=O) groups is 4. The number of aliphatic carboxylic acids is 4. The van der Waals surface area contributed by atoms with E-state index >= 15 is 0 Å². The number of morpholine rings is 1. The predicted octanol–water partition coefficient (Wildman–Crippen LogP) is 2.16. The van der Waals surface area contributed by atoms with E-state index in [2.05, 4.69) is 44.7 Å². The molecule has 0 unspecified atom stereocenters. The van der Waals surface area contributed by atoms with Gasteiger partial charge in [-0.15, -0.1) is 0 Å². The minimum atomic E-state index is -1.82. The van der Waals surface area contributed by atoms with Crippen molar-refractivity contribution in [2.45, 2.75) is 19.6 Å². The first-order chi connectivity index (χ1) is 19.1. The number of carboxylic acids is 4. The molecule has 1 aromatic heterocycles. The number of rotatable bonds is 7. The lowest BCUT2D eigenvalue weighted by Crippen LogP contribution is -2.35. The third-order valence-electron chi connectivity index (χ3n) is 5.39. The van der Waals surface area contributed by atoms with Crippen LogP contribution in [0.3, 0.4) is 0 Å².